The molecule has 0 spiro atoms. The average molecular weight is 343 g/mol. The van der Waals surface area contributed by atoms with E-state index in [1.807, 2.05) is 13.8 Å². The lowest BCUT2D eigenvalue weighted by atomic mass is 9.90. The fourth-order valence-corrected chi connectivity index (χ4v) is 2.31. The number of rotatable bonds is 5. The molecule has 0 saturated carbocycles. The molecule has 0 bridgehead atoms. The molecule has 0 fully saturated rings. The van der Waals surface area contributed by atoms with Crippen LogP contribution in [0.2, 0.25) is 0 Å². The third kappa shape index (κ3) is 15.9. The van der Waals surface area contributed by atoms with Crippen molar-refractivity contribution in [1.29, 1.82) is 0 Å². The first-order valence-electron chi connectivity index (χ1n) is 7.80. The first kappa shape index (κ1) is 23.8. The molecule has 1 atom stereocenters. The van der Waals surface area contributed by atoms with Crippen molar-refractivity contribution < 1.29 is 0 Å². The molecule has 128 valence electrons. The standard InChI is InChI=1S/C8H18N2.C8H10S2.C2H6/c1-8(2,3)6-5-7(9)10-4;1-7-2-4-8(5-3-7)10-6-9;1-2/h7H,4-6,9H2,1-3H3;2-5,9H,6H2,1H3;1-2H3. The van der Waals surface area contributed by atoms with E-state index in [2.05, 4.69) is 76.3 Å². The second kappa shape index (κ2) is 14.2. The number of hydrogen-bond acceptors (Lipinski definition) is 4. The number of thiol groups is 1. The highest BCUT2D eigenvalue weighted by molar-refractivity contribution is 8.09. The van der Waals surface area contributed by atoms with E-state index in [-0.39, 0.29) is 6.17 Å². The minimum atomic E-state index is -0.0702. The van der Waals surface area contributed by atoms with Crippen LogP contribution in [0.25, 0.3) is 0 Å². The third-order valence-electron chi connectivity index (χ3n) is 2.68. The predicted molar refractivity (Wildman–Crippen MR) is 108 cm³/mol. The van der Waals surface area contributed by atoms with Gasteiger partial charge in [-0.2, -0.15) is 12.6 Å². The van der Waals surface area contributed by atoms with Crippen LogP contribution < -0.4 is 5.73 Å². The van der Waals surface area contributed by atoms with Gasteiger partial charge in [0.1, 0.15) is 0 Å². The molecule has 1 rings (SSSR count). The van der Waals surface area contributed by atoms with E-state index in [9.17, 15) is 0 Å². The summed E-state index contributed by atoms with van der Waals surface area (Å²) in [5.41, 5.74) is 7.22. The van der Waals surface area contributed by atoms with Crippen LogP contribution in [0.4, 0.5) is 0 Å². The molecule has 0 aliphatic carbocycles. The molecule has 0 aromatic heterocycles. The fraction of sp³-hybridized carbons (Fsp3) is 0.611. The molecular formula is C18H34N2S2. The lowest BCUT2D eigenvalue weighted by Gasteiger charge is -2.18. The van der Waals surface area contributed by atoms with Gasteiger partial charge in [0.15, 0.2) is 0 Å². The summed E-state index contributed by atoms with van der Waals surface area (Å²) in [6, 6.07) is 8.48. The maximum atomic E-state index is 5.55. The summed E-state index contributed by atoms with van der Waals surface area (Å²) in [4.78, 5) is 5.01. The van der Waals surface area contributed by atoms with Crippen LogP contribution in [0, 0.1) is 12.3 Å². The van der Waals surface area contributed by atoms with Gasteiger partial charge in [0, 0.05) is 9.98 Å². The monoisotopic (exact) mass is 342 g/mol. The van der Waals surface area contributed by atoms with Gasteiger partial charge in [0.2, 0.25) is 0 Å². The zero-order chi connectivity index (χ0) is 17.6. The van der Waals surface area contributed by atoms with E-state index in [0.29, 0.717) is 5.41 Å². The Hall–Kier alpha value is -0.450. The second-order valence-corrected chi connectivity index (χ2v) is 7.73. The summed E-state index contributed by atoms with van der Waals surface area (Å²) in [7, 11) is 0. The van der Waals surface area contributed by atoms with E-state index in [1.165, 1.54) is 10.5 Å². The largest absolute Gasteiger partial charge is 0.310 e. The van der Waals surface area contributed by atoms with Gasteiger partial charge in [0.05, 0.1) is 6.17 Å². The molecular weight excluding hydrogens is 308 g/mol. The van der Waals surface area contributed by atoms with Crippen LogP contribution in [0.3, 0.4) is 0 Å². The number of benzene rings is 1. The molecule has 1 aromatic carbocycles. The molecule has 0 heterocycles. The van der Waals surface area contributed by atoms with Crippen LogP contribution in [0.5, 0.6) is 0 Å². The Bertz CT molecular complexity index is 370. The van der Waals surface area contributed by atoms with Gasteiger partial charge in [-0.3, -0.25) is 4.99 Å². The predicted octanol–water partition coefficient (Wildman–Crippen LogP) is 5.80. The molecule has 4 heteroatoms. The van der Waals surface area contributed by atoms with Crippen LogP contribution in [0.1, 0.15) is 53.0 Å². The summed E-state index contributed by atoms with van der Waals surface area (Å²) in [5.74, 6) is 0. The van der Waals surface area contributed by atoms with Crippen molar-refractivity contribution in [3.05, 3.63) is 29.8 Å². The van der Waals surface area contributed by atoms with Crippen molar-refractivity contribution in [3.8, 4) is 0 Å². The van der Waals surface area contributed by atoms with Gasteiger partial charge in [-0.05, 0) is 44.0 Å². The van der Waals surface area contributed by atoms with Crippen LogP contribution in [-0.2, 0) is 0 Å². The van der Waals surface area contributed by atoms with Crippen molar-refractivity contribution in [2.75, 3.05) is 5.08 Å². The van der Waals surface area contributed by atoms with Crippen LogP contribution in [-0.4, -0.2) is 18.0 Å². The maximum absolute atomic E-state index is 5.55. The van der Waals surface area contributed by atoms with Crippen LogP contribution in [0.15, 0.2) is 34.2 Å². The highest BCUT2D eigenvalue weighted by atomic mass is 32.2. The highest BCUT2D eigenvalue weighted by Crippen LogP contribution is 2.21. The molecule has 0 saturated heterocycles. The third-order valence-corrected chi connectivity index (χ3v) is 3.80. The number of aryl methyl sites for hydroxylation is 1. The molecule has 0 radical (unpaired) electrons. The first-order chi connectivity index (χ1) is 10.3. The molecule has 0 aliphatic heterocycles. The lowest BCUT2D eigenvalue weighted by molar-refractivity contribution is 0.350. The molecule has 2 nitrogen and oxygen atoms in total. The van der Waals surface area contributed by atoms with Crippen LogP contribution >= 0.6 is 24.4 Å². The second-order valence-electron chi connectivity index (χ2n) is 5.94. The summed E-state index contributed by atoms with van der Waals surface area (Å²) in [5, 5.41) is 0.850. The van der Waals surface area contributed by atoms with Crippen molar-refractivity contribution >= 4 is 31.1 Å². The SMILES string of the molecule is C=NC(N)CCC(C)(C)C.CC.Cc1ccc(SCS)cc1. The Balaban J connectivity index is 0. The molecule has 2 N–H and O–H groups in total. The minimum Gasteiger partial charge on any atom is -0.310 e. The average Bonchev–Trinajstić information content (AvgIpc) is 2.49. The molecule has 1 unspecified atom stereocenters. The summed E-state index contributed by atoms with van der Waals surface area (Å²) in [6.07, 6.45) is 1.97. The van der Waals surface area contributed by atoms with E-state index >= 15 is 0 Å². The fourth-order valence-electron chi connectivity index (χ4n) is 1.38. The van der Waals surface area contributed by atoms with Crippen molar-refractivity contribution in [2.45, 2.75) is 65.4 Å². The number of nitrogens with two attached hydrogens (primary N) is 1. The maximum Gasteiger partial charge on any atom is 0.0962 e. The summed E-state index contributed by atoms with van der Waals surface area (Å²) < 4.78 is 0. The Kier molecular flexibility index (Phi) is 15.3. The van der Waals surface area contributed by atoms with Crippen molar-refractivity contribution in [1.82, 2.24) is 0 Å². The number of aliphatic imine (C=N–C) groups is 1. The normalized spacial score (nSPS) is 11.5. The number of nitrogens with zero attached hydrogens (tertiary/aromatic N) is 1. The molecule has 0 aliphatic rings. The van der Waals surface area contributed by atoms with Gasteiger partial charge in [-0.15, -0.1) is 11.8 Å². The zero-order valence-corrected chi connectivity index (χ0v) is 16.8. The lowest BCUT2D eigenvalue weighted by Crippen LogP contribution is -2.19. The Morgan fingerprint density at radius 1 is 1.23 bits per heavy atom. The van der Waals surface area contributed by atoms with E-state index < -0.39 is 0 Å². The van der Waals surface area contributed by atoms with E-state index in [1.54, 1.807) is 11.8 Å². The summed E-state index contributed by atoms with van der Waals surface area (Å²) in [6.45, 7) is 16.1. The molecule has 0 amide bonds. The van der Waals surface area contributed by atoms with Gasteiger partial charge < -0.3 is 5.73 Å². The molecule has 1 aromatic rings. The Morgan fingerprint density at radius 3 is 2.09 bits per heavy atom. The number of thioether (sulfide) groups is 1. The van der Waals surface area contributed by atoms with E-state index in [0.717, 1.165) is 17.9 Å². The quantitative estimate of drug-likeness (QED) is 0.307. The van der Waals surface area contributed by atoms with Gasteiger partial charge in [-0.1, -0.05) is 52.3 Å². The Morgan fingerprint density at radius 2 is 1.73 bits per heavy atom. The Labute approximate surface area is 147 Å². The smallest absolute Gasteiger partial charge is 0.0962 e. The van der Waals surface area contributed by atoms with E-state index in [4.69, 9.17) is 5.73 Å². The molecule has 22 heavy (non-hydrogen) atoms. The summed E-state index contributed by atoms with van der Waals surface area (Å²) >= 11 is 5.87. The minimum absolute atomic E-state index is 0.0702. The topological polar surface area (TPSA) is 38.4 Å². The van der Waals surface area contributed by atoms with Gasteiger partial charge >= 0.3 is 0 Å². The van der Waals surface area contributed by atoms with Gasteiger partial charge in [0.25, 0.3) is 0 Å². The zero-order valence-electron chi connectivity index (χ0n) is 15.1. The van der Waals surface area contributed by atoms with Crippen molar-refractivity contribution in [3.63, 3.8) is 0 Å². The first-order valence-corrected chi connectivity index (χ1v) is 9.42. The highest BCUT2D eigenvalue weighted by Gasteiger charge is 2.11. The van der Waals surface area contributed by atoms with Gasteiger partial charge in [-0.25, -0.2) is 0 Å². The number of hydrogen-bond donors (Lipinski definition) is 2. The van der Waals surface area contributed by atoms with Crippen molar-refractivity contribution in [2.24, 2.45) is 16.1 Å².